The van der Waals surface area contributed by atoms with Crippen LogP contribution < -0.4 is 15.5 Å². The molecule has 7 heteroatoms. The number of fused-ring (bicyclic) bond motifs is 1. The van der Waals surface area contributed by atoms with Crippen molar-refractivity contribution in [1.82, 2.24) is 15.8 Å². The van der Waals surface area contributed by atoms with E-state index in [1.807, 2.05) is 42.5 Å². The number of hydrazine groups is 1. The van der Waals surface area contributed by atoms with Crippen molar-refractivity contribution in [3.05, 3.63) is 42.5 Å². The number of urea groups is 1. The molecule has 0 saturated carbocycles. The van der Waals surface area contributed by atoms with Gasteiger partial charge in [-0.05, 0) is 17.9 Å². The van der Waals surface area contributed by atoms with E-state index in [1.165, 1.54) is 0 Å². The minimum absolute atomic E-state index is 0.156. The summed E-state index contributed by atoms with van der Waals surface area (Å²) in [6.45, 7) is 0.226. The van der Waals surface area contributed by atoms with Crippen LogP contribution in [0.4, 0.5) is 4.79 Å². The molecule has 7 nitrogen and oxygen atoms in total. The van der Waals surface area contributed by atoms with Gasteiger partial charge in [0, 0.05) is 11.8 Å². The first kappa shape index (κ1) is 15.8. The van der Waals surface area contributed by atoms with Gasteiger partial charge in [0.1, 0.15) is 12.3 Å². The summed E-state index contributed by atoms with van der Waals surface area (Å²) in [7, 11) is 0. The third kappa shape index (κ3) is 3.62. The third-order valence-electron chi connectivity index (χ3n) is 3.61. The van der Waals surface area contributed by atoms with E-state index in [-0.39, 0.29) is 18.9 Å². The average molecular weight is 327 g/mol. The Morgan fingerprint density at radius 1 is 1.17 bits per heavy atom. The summed E-state index contributed by atoms with van der Waals surface area (Å²) in [5.74, 6) is 0.0129. The first-order valence-electron chi connectivity index (χ1n) is 7.65. The summed E-state index contributed by atoms with van der Waals surface area (Å²) < 4.78 is 5.75. The summed E-state index contributed by atoms with van der Waals surface area (Å²) >= 11 is 0. The average Bonchev–Trinajstić information content (AvgIpc) is 2.89. The number of hydrogen-bond acceptors (Lipinski definition) is 4. The molecule has 1 heterocycles. The Morgan fingerprint density at radius 2 is 1.96 bits per heavy atom. The molecule has 124 valence electrons. The van der Waals surface area contributed by atoms with Crippen molar-refractivity contribution in [2.24, 2.45) is 0 Å². The van der Waals surface area contributed by atoms with E-state index in [0.717, 1.165) is 21.5 Å². The van der Waals surface area contributed by atoms with E-state index in [0.29, 0.717) is 13.0 Å². The van der Waals surface area contributed by atoms with E-state index >= 15 is 0 Å². The number of ether oxygens (including phenoxy) is 1. The lowest BCUT2D eigenvalue weighted by molar-refractivity contribution is -0.125. The number of carbonyl (C=O) groups excluding carboxylic acids is 3. The Morgan fingerprint density at radius 3 is 2.75 bits per heavy atom. The number of nitrogens with one attached hydrogen (secondary N) is 2. The topological polar surface area (TPSA) is 87.7 Å². The number of benzene rings is 2. The largest absolute Gasteiger partial charge is 0.493 e. The molecule has 1 fully saturated rings. The Kier molecular flexibility index (Phi) is 4.60. The number of rotatable bonds is 6. The van der Waals surface area contributed by atoms with Gasteiger partial charge in [0.2, 0.25) is 11.8 Å². The van der Waals surface area contributed by atoms with Gasteiger partial charge >= 0.3 is 6.03 Å². The molecule has 4 amide bonds. The van der Waals surface area contributed by atoms with Crippen molar-refractivity contribution < 1.29 is 19.1 Å². The Labute approximate surface area is 138 Å². The zero-order valence-corrected chi connectivity index (χ0v) is 13.0. The SMILES string of the molecule is O=C1CN(NC(=O)CCCOc2cccc3ccccc23)C(=O)N1. The molecule has 0 atom stereocenters. The fourth-order valence-corrected chi connectivity index (χ4v) is 2.47. The van der Waals surface area contributed by atoms with E-state index in [4.69, 9.17) is 4.74 Å². The van der Waals surface area contributed by atoms with Gasteiger partial charge in [0.25, 0.3) is 0 Å². The van der Waals surface area contributed by atoms with Crippen molar-refractivity contribution in [3.63, 3.8) is 0 Å². The van der Waals surface area contributed by atoms with Gasteiger partial charge in [-0.2, -0.15) is 0 Å². The number of hydrogen-bond donors (Lipinski definition) is 2. The molecular weight excluding hydrogens is 310 g/mol. The van der Waals surface area contributed by atoms with Gasteiger partial charge in [-0.25, -0.2) is 9.80 Å². The Bertz CT molecular complexity index is 785. The predicted molar refractivity (Wildman–Crippen MR) is 87.1 cm³/mol. The number of imide groups is 1. The molecule has 1 saturated heterocycles. The highest BCUT2D eigenvalue weighted by Gasteiger charge is 2.27. The van der Waals surface area contributed by atoms with Gasteiger partial charge in [0.05, 0.1) is 6.61 Å². The standard InChI is InChI=1S/C17H17N3O4/c21-15(19-20-11-16(22)18-17(20)23)9-4-10-24-14-8-3-6-12-5-1-2-7-13(12)14/h1-3,5-8H,4,9-11H2,(H,19,21)(H,18,22,23). The summed E-state index contributed by atoms with van der Waals surface area (Å²) in [6.07, 6.45) is 0.696. The molecular formula is C17H17N3O4. The summed E-state index contributed by atoms with van der Waals surface area (Å²) in [4.78, 5) is 34.1. The quantitative estimate of drug-likeness (QED) is 0.623. The van der Waals surface area contributed by atoms with Crippen LogP contribution in [0.3, 0.4) is 0 Å². The van der Waals surface area contributed by atoms with Crippen LogP contribution in [0, 0.1) is 0 Å². The smallest absolute Gasteiger partial charge is 0.343 e. The van der Waals surface area contributed by atoms with Gasteiger partial charge < -0.3 is 4.74 Å². The molecule has 0 spiro atoms. The van der Waals surface area contributed by atoms with Crippen molar-refractivity contribution in [2.45, 2.75) is 12.8 Å². The molecule has 1 aliphatic rings. The molecule has 24 heavy (non-hydrogen) atoms. The van der Waals surface area contributed by atoms with E-state index in [1.54, 1.807) is 0 Å². The van der Waals surface area contributed by atoms with Crippen LogP contribution in [-0.4, -0.2) is 36.0 Å². The van der Waals surface area contributed by atoms with Gasteiger partial charge in [0.15, 0.2) is 0 Å². The first-order valence-corrected chi connectivity index (χ1v) is 7.65. The minimum atomic E-state index is -0.611. The maximum Gasteiger partial charge on any atom is 0.343 e. The van der Waals surface area contributed by atoms with Crippen LogP contribution in [0.5, 0.6) is 5.75 Å². The molecule has 1 aliphatic heterocycles. The zero-order chi connectivity index (χ0) is 16.9. The van der Waals surface area contributed by atoms with E-state index < -0.39 is 11.9 Å². The summed E-state index contributed by atoms with van der Waals surface area (Å²) in [5.41, 5.74) is 2.39. The monoisotopic (exact) mass is 327 g/mol. The van der Waals surface area contributed by atoms with Crippen LogP contribution in [0.1, 0.15) is 12.8 Å². The van der Waals surface area contributed by atoms with Crippen molar-refractivity contribution in [2.75, 3.05) is 13.2 Å². The van der Waals surface area contributed by atoms with Crippen molar-refractivity contribution >= 4 is 28.6 Å². The molecule has 0 bridgehead atoms. The van der Waals surface area contributed by atoms with E-state index in [9.17, 15) is 14.4 Å². The Balaban J connectivity index is 1.46. The lowest BCUT2D eigenvalue weighted by Crippen LogP contribution is -2.44. The molecule has 2 aromatic rings. The van der Waals surface area contributed by atoms with Crippen LogP contribution in [0.25, 0.3) is 10.8 Å². The Hall–Kier alpha value is -3.09. The van der Waals surface area contributed by atoms with E-state index in [2.05, 4.69) is 10.7 Å². The molecule has 0 unspecified atom stereocenters. The lowest BCUT2D eigenvalue weighted by atomic mass is 10.1. The maximum atomic E-state index is 11.8. The highest BCUT2D eigenvalue weighted by atomic mass is 16.5. The molecule has 2 N–H and O–H groups in total. The van der Waals surface area contributed by atoms with Gasteiger partial charge in [-0.15, -0.1) is 0 Å². The molecule has 0 aromatic heterocycles. The second-order valence-corrected chi connectivity index (χ2v) is 5.40. The number of amides is 4. The predicted octanol–water partition coefficient (Wildman–Crippen LogP) is 1.58. The van der Waals surface area contributed by atoms with Gasteiger partial charge in [-0.1, -0.05) is 36.4 Å². The normalized spacial score (nSPS) is 13.9. The fraction of sp³-hybridized carbons (Fsp3) is 0.235. The highest BCUT2D eigenvalue weighted by Crippen LogP contribution is 2.25. The fourth-order valence-electron chi connectivity index (χ4n) is 2.47. The first-order chi connectivity index (χ1) is 11.6. The van der Waals surface area contributed by atoms with Crippen LogP contribution in [0.2, 0.25) is 0 Å². The molecule has 0 aliphatic carbocycles. The van der Waals surface area contributed by atoms with Crippen molar-refractivity contribution in [3.8, 4) is 5.75 Å². The lowest BCUT2D eigenvalue weighted by Gasteiger charge is -2.14. The number of carbonyl (C=O) groups is 3. The summed E-state index contributed by atoms with van der Waals surface area (Å²) in [5, 5.41) is 5.17. The highest BCUT2D eigenvalue weighted by molar-refractivity contribution is 6.02. The van der Waals surface area contributed by atoms with Crippen molar-refractivity contribution in [1.29, 1.82) is 0 Å². The second-order valence-electron chi connectivity index (χ2n) is 5.40. The molecule has 3 rings (SSSR count). The van der Waals surface area contributed by atoms with Crippen LogP contribution >= 0.6 is 0 Å². The van der Waals surface area contributed by atoms with Gasteiger partial charge in [-0.3, -0.25) is 20.3 Å². The third-order valence-corrected chi connectivity index (χ3v) is 3.61. The van der Waals surface area contributed by atoms with Crippen LogP contribution in [-0.2, 0) is 9.59 Å². The molecule has 2 aromatic carbocycles. The zero-order valence-electron chi connectivity index (χ0n) is 13.0. The second kappa shape index (κ2) is 6.99. The van der Waals surface area contributed by atoms with Crippen LogP contribution in [0.15, 0.2) is 42.5 Å². The maximum absolute atomic E-state index is 11.8. The molecule has 0 radical (unpaired) electrons. The number of nitrogens with zero attached hydrogens (tertiary/aromatic N) is 1. The summed E-state index contributed by atoms with van der Waals surface area (Å²) in [6, 6.07) is 13.1. The minimum Gasteiger partial charge on any atom is -0.493 e.